The topological polar surface area (TPSA) is 84.8 Å². The maximum absolute atomic E-state index is 12.9. The fourth-order valence-electron chi connectivity index (χ4n) is 3.69. The maximum Gasteiger partial charge on any atom is 0.255 e. The number of hydrogen-bond donors (Lipinski definition) is 2. The number of aromatic nitrogens is 4. The van der Waals surface area contributed by atoms with Gasteiger partial charge in [-0.25, -0.2) is 9.97 Å². The third kappa shape index (κ3) is 3.59. The Kier molecular flexibility index (Phi) is 5.02. The quantitative estimate of drug-likeness (QED) is 0.463. The van der Waals surface area contributed by atoms with Crippen molar-refractivity contribution in [2.75, 3.05) is 18.2 Å². The van der Waals surface area contributed by atoms with Crippen LogP contribution in [0.5, 0.6) is 0 Å². The van der Waals surface area contributed by atoms with Crippen LogP contribution in [0.1, 0.15) is 35.1 Å². The zero-order chi connectivity index (χ0) is 20.5. The molecule has 5 rings (SSSR count). The molecule has 2 aromatic carbocycles. The molecule has 0 aliphatic carbocycles. The average Bonchev–Trinajstić information content (AvgIpc) is 3.53. The highest BCUT2D eigenvalue weighted by atomic mass is 32.2. The Morgan fingerprint density at radius 1 is 1.30 bits per heavy atom. The van der Waals surface area contributed by atoms with Gasteiger partial charge in [0.2, 0.25) is 0 Å². The first-order valence-electron chi connectivity index (χ1n) is 9.81. The smallest absolute Gasteiger partial charge is 0.255 e. The highest BCUT2D eigenvalue weighted by molar-refractivity contribution is 7.98. The number of aromatic amines is 1. The number of amides is 1. The number of rotatable bonds is 5. The number of fused-ring (bicyclic) bond motifs is 1. The summed E-state index contributed by atoms with van der Waals surface area (Å²) in [5, 5.41) is 3.86. The van der Waals surface area contributed by atoms with Crippen LogP contribution in [0.25, 0.3) is 16.7 Å². The van der Waals surface area contributed by atoms with Crippen LogP contribution in [0.2, 0.25) is 0 Å². The van der Waals surface area contributed by atoms with Gasteiger partial charge in [-0.3, -0.25) is 9.36 Å². The molecule has 2 N–H and O–H groups in total. The summed E-state index contributed by atoms with van der Waals surface area (Å²) in [6.07, 6.45) is 7.69. The third-order valence-corrected chi connectivity index (χ3v) is 5.84. The van der Waals surface area contributed by atoms with Gasteiger partial charge in [0.05, 0.1) is 11.0 Å². The lowest BCUT2D eigenvalue weighted by Gasteiger charge is -2.09. The minimum Gasteiger partial charge on any atom is -0.370 e. The number of benzene rings is 2. The van der Waals surface area contributed by atoms with Gasteiger partial charge in [-0.2, -0.15) is 0 Å². The Morgan fingerprint density at radius 2 is 2.23 bits per heavy atom. The van der Waals surface area contributed by atoms with Crippen molar-refractivity contribution in [1.82, 2.24) is 19.5 Å². The average molecular weight is 420 g/mol. The molecule has 1 fully saturated rings. The van der Waals surface area contributed by atoms with Gasteiger partial charge >= 0.3 is 0 Å². The summed E-state index contributed by atoms with van der Waals surface area (Å²) in [7, 11) is 0. The molecular weight excluding hydrogens is 398 g/mol. The Morgan fingerprint density at radius 3 is 3.07 bits per heavy atom. The number of H-pyrrole nitrogens is 1. The number of anilines is 1. The molecule has 1 aliphatic heterocycles. The molecule has 0 bridgehead atoms. The van der Waals surface area contributed by atoms with Crippen LogP contribution in [-0.2, 0) is 4.74 Å². The van der Waals surface area contributed by atoms with E-state index in [2.05, 4.69) is 20.3 Å². The van der Waals surface area contributed by atoms with E-state index in [1.165, 1.54) is 0 Å². The van der Waals surface area contributed by atoms with E-state index in [1.54, 1.807) is 24.0 Å². The van der Waals surface area contributed by atoms with Crippen LogP contribution in [0.4, 0.5) is 5.69 Å². The van der Waals surface area contributed by atoms with E-state index < -0.39 is 0 Å². The number of carbonyl (C=O) groups excluding carboxylic acids is 1. The van der Waals surface area contributed by atoms with Gasteiger partial charge in [-0.15, -0.1) is 0 Å². The zero-order valence-corrected chi connectivity index (χ0v) is 17.3. The Labute approximate surface area is 177 Å². The van der Waals surface area contributed by atoms with Gasteiger partial charge < -0.3 is 15.0 Å². The van der Waals surface area contributed by atoms with Gasteiger partial charge in [0.1, 0.15) is 11.9 Å². The molecule has 152 valence electrons. The molecule has 8 heteroatoms. The number of nitrogens with zero attached hydrogens (tertiary/aromatic N) is 3. The number of thioether (sulfide) groups is 1. The minimum atomic E-state index is -0.166. The number of ether oxygens (including phenoxy) is 1. The molecular formula is C22H21N5O2S. The van der Waals surface area contributed by atoms with Crippen molar-refractivity contribution < 1.29 is 9.53 Å². The Bertz CT molecular complexity index is 1210. The predicted octanol–water partition coefficient (Wildman–Crippen LogP) is 4.57. The number of carbonyl (C=O) groups is 1. The molecule has 1 unspecified atom stereocenters. The summed E-state index contributed by atoms with van der Waals surface area (Å²) in [4.78, 5) is 25.1. The lowest BCUT2D eigenvalue weighted by Crippen LogP contribution is -2.12. The molecule has 7 nitrogen and oxygen atoms in total. The molecule has 1 saturated heterocycles. The molecule has 0 radical (unpaired) electrons. The fraction of sp³-hybridized carbons (Fsp3) is 0.227. The Hall–Kier alpha value is -3.10. The summed E-state index contributed by atoms with van der Waals surface area (Å²) in [5.74, 6) is 0.685. The molecule has 2 aromatic heterocycles. The summed E-state index contributed by atoms with van der Waals surface area (Å²) in [5.41, 5.74) is 3.95. The zero-order valence-electron chi connectivity index (χ0n) is 16.5. The lowest BCUT2D eigenvalue weighted by atomic mass is 10.1. The van der Waals surface area contributed by atoms with Gasteiger partial charge in [0.25, 0.3) is 5.91 Å². The number of imidazole rings is 2. The van der Waals surface area contributed by atoms with Crippen LogP contribution in [0.15, 0.2) is 60.0 Å². The van der Waals surface area contributed by atoms with Gasteiger partial charge in [-0.1, -0.05) is 17.8 Å². The second-order valence-corrected chi connectivity index (χ2v) is 7.92. The largest absolute Gasteiger partial charge is 0.370 e. The van der Waals surface area contributed by atoms with Crippen LogP contribution in [0.3, 0.4) is 0 Å². The number of hydrogen-bond acceptors (Lipinski definition) is 5. The highest BCUT2D eigenvalue weighted by Crippen LogP contribution is 2.29. The standard InChI is InChI=1S/C22H21N5O2S/c1-30-22-23-9-10-27(22)16-5-2-4-14(12-16)21(28)24-15-7-8-17-18(13-15)26-20(25-17)19-6-3-11-29-19/h2,4-5,7-10,12-13,19H,3,6,11H2,1H3,(H,24,28)(H,25,26). The molecule has 4 aromatic rings. The van der Waals surface area contributed by atoms with Crippen molar-refractivity contribution in [3.05, 3.63) is 66.2 Å². The van der Waals surface area contributed by atoms with E-state index in [1.807, 2.05) is 53.4 Å². The maximum atomic E-state index is 12.9. The SMILES string of the molecule is CSc1nccn1-c1cccc(C(=O)Nc2ccc3nc(C4CCCO4)[nH]c3c2)c1. The lowest BCUT2D eigenvalue weighted by molar-refractivity contribution is 0.102. The van der Waals surface area contributed by atoms with Gasteiger partial charge in [-0.05, 0) is 55.5 Å². The molecule has 1 atom stereocenters. The molecule has 0 spiro atoms. The van der Waals surface area contributed by atoms with E-state index in [0.717, 1.165) is 47.2 Å². The second kappa shape index (κ2) is 7.97. The van der Waals surface area contributed by atoms with Crippen LogP contribution < -0.4 is 5.32 Å². The van der Waals surface area contributed by atoms with E-state index in [4.69, 9.17) is 4.74 Å². The highest BCUT2D eigenvalue weighted by Gasteiger charge is 2.21. The summed E-state index contributed by atoms with van der Waals surface area (Å²) in [6.45, 7) is 0.777. The second-order valence-electron chi connectivity index (χ2n) is 7.14. The monoisotopic (exact) mass is 419 g/mol. The van der Waals surface area contributed by atoms with E-state index >= 15 is 0 Å². The summed E-state index contributed by atoms with van der Waals surface area (Å²) in [6, 6.07) is 13.2. The third-order valence-electron chi connectivity index (χ3n) is 5.17. The van der Waals surface area contributed by atoms with E-state index in [-0.39, 0.29) is 12.0 Å². The van der Waals surface area contributed by atoms with Crippen molar-refractivity contribution in [2.45, 2.75) is 24.1 Å². The first-order valence-corrected chi connectivity index (χ1v) is 11.0. The molecule has 1 aliphatic rings. The van der Waals surface area contributed by atoms with Crippen molar-refractivity contribution >= 4 is 34.4 Å². The van der Waals surface area contributed by atoms with Crippen LogP contribution in [-0.4, -0.2) is 38.3 Å². The van der Waals surface area contributed by atoms with Crippen molar-refractivity contribution in [2.24, 2.45) is 0 Å². The number of nitrogens with one attached hydrogen (secondary N) is 2. The minimum absolute atomic E-state index is 0.0348. The first-order chi connectivity index (χ1) is 14.7. The van der Waals surface area contributed by atoms with Gasteiger partial charge in [0, 0.05) is 35.9 Å². The first kappa shape index (κ1) is 18.9. The van der Waals surface area contributed by atoms with Crippen molar-refractivity contribution in [1.29, 1.82) is 0 Å². The van der Waals surface area contributed by atoms with Crippen molar-refractivity contribution in [3.8, 4) is 5.69 Å². The molecule has 1 amide bonds. The molecule has 30 heavy (non-hydrogen) atoms. The van der Waals surface area contributed by atoms with Crippen LogP contribution >= 0.6 is 11.8 Å². The predicted molar refractivity (Wildman–Crippen MR) is 117 cm³/mol. The summed E-state index contributed by atoms with van der Waals surface area (Å²) < 4.78 is 7.67. The van der Waals surface area contributed by atoms with Crippen molar-refractivity contribution in [3.63, 3.8) is 0 Å². The normalized spacial score (nSPS) is 16.2. The van der Waals surface area contributed by atoms with Crippen LogP contribution in [0, 0.1) is 0 Å². The van der Waals surface area contributed by atoms with E-state index in [0.29, 0.717) is 11.3 Å². The van der Waals surface area contributed by atoms with Gasteiger partial charge in [0.15, 0.2) is 5.16 Å². The molecule has 0 saturated carbocycles. The Balaban J connectivity index is 1.37. The van der Waals surface area contributed by atoms with E-state index in [9.17, 15) is 4.79 Å². The summed E-state index contributed by atoms with van der Waals surface area (Å²) >= 11 is 1.56. The fourth-order valence-corrected chi connectivity index (χ4v) is 4.22. The molecule has 3 heterocycles.